The zero-order valence-electron chi connectivity index (χ0n) is 11.7. The molecule has 0 amide bonds. The third kappa shape index (κ3) is 2.92. The Kier molecular flexibility index (Phi) is 4.15. The third-order valence-corrected chi connectivity index (χ3v) is 4.55. The van der Waals surface area contributed by atoms with Crippen molar-refractivity contribution in [2.45, 2.75) is 32.4 Å². The molecule has 1 heterocycles. The number of thiazole rings is 1. The molecule has 0 radical (unpaired) electrons. The van der Waals surface area contributed by atoms with Gasteiger partial charge in [0.1, 0.15) is 11.1 Å². The number of ether oxygens (including phenoxy) is 1. The Morgan fingerprint density at radius 3 is 2.70 bits per heavy atom. The molecule has 1 aromatic carbocycles. The quantitative estimate of drug-likeness (QED) is 0.880. The molecule has 1 aromatic heterocycles. The van der Waals surface area contributed by atoms with Gasteiger partial charge < -0.3 is 10.5 Å². The molecule has 1 fully saturated rings. The van der Waals surface area contributed by atoms with Crippen LogP contribution >= 0.6 is 11.3 Å². The number of nitrogens with zero attached hydrogens (tertiary/aromatic N) is 1. The molecule has 1 unspecified atom stereocenters. The molecule has 2 aromatic rings. The minimum absolute atomic E-state index is 0.196. The van der Waals surface area contributed by atoms with E-state index < -0.39 is 0 Å². The van der Waals surface area contributed by atoms with E-state index in [-0.39, 0.29) is 6.10 Å². The van der Waals surface area contributed by atoms with Crippen LogP contribution in [0.4, 0.5) is 0 Å². The van der Waals surface area contributed by atoms with Crippen molar-refractivity contribution in [1.82, 2.24) is 4.98 Å². The number of rotatable bonds is 6. The van der Waals surface area contributed by atoms with Gasteiger partial charge in [-0.15, -0.1) is 11.3 Å². The van der Waals surface area contributed by atoms with E-state index in [0.717, 1.165) is 28.4 Å². The second-order valence-electron chi connectivity index (χ2n) is 5.19. The molecule has 20 heavy (non-hydrogen) atoms. The normalized spacial score (nSPS) is 16.3. The molecule has 3 rings (SSSR count). The van der Waals surface area contributed by atoms with E-state index in [1.54, 1.807) is 11.3 Å². The molecular weight excluding hydrogens is 268 g/mol. The highest BCUT2D eigenvalue weighted by molar-refractivity contribution is 7.10. The Morgan fingerprint density at radius 2 is 2.10 bits per heavy atom. The van der Waals surface area contributed by atoms with Crippen LogP contribution in [0.3, 0.4) is 0 Å². The maximum Gasteiger partial charge on any atom is 0.122 e. The van der Waals surface area contributed by atoms with E-state index in [9.17, 15) is 0 Å². The molecule has 0 saturated heterocycles. The highest BCUT2D eigenvalue weighted by Gasteiger charge is 2.34. The molecule has 0 bridgehead atoms. The van der Waals surface area contributed by atoms with Crippen LogP contribution in [0.5, 0.6) is 0 Å². The summed E-state index contributed by atoms with van der Waals surface area (Å²) in [6, 6.07) is 8.31. The summed E-state index contributed by atoms with van der Waals surface area (Å²) in [5.74, 6) is 0.675. The molecule has 106 valence electrons. The van der Waals surface area contributed by atoms with Crippen molar-refractivity contribution < 1.29 is 4.74 Å². The first-order chi connectivity index (χ1) is 9.81. The zero-order chi connectivity index (χ0) is 13.9. The summed E-state index contributed by atoms with van der Waals surface area (Å²) in [7, 11) is 0. The summed E-state index contributed by atoms with van der Waals surface area (Å²) in [6.45, 7) is 3.38. The van der Waals surface area contributed by atoms with Crippen LogP contribution in [0.2, 0.25) is 0 Å². The average Bonchev–Trinajstić information content (AvgIpc) is 3.21. The van der Waals surface area contributed by atoms with Crippen LogP contribution in [-0.2, 0) is 11.3 Å². The van der Waals surface area contributed by atoms with E-state index in [1.807, 2.05) is 0 Å². The van der Waals surface area contributed by atoms with Gasteiger partial charge in [-0.2, -0.15) is 0 Å². The van der Waals surface area contributed by atoms with Gasteiger partial charge in [-0.3, -0.25) is 0 Å². The first-order valence-electron chi connectivity index (χ1n) is 7.18. The van der Waals surface area contributed by atoms with Crippen LogP contribution in [0, 0.1) is 5.92 Å². The van der Waals surface area contributed by atoms with Crippen molar-refractivity contribution in [1.29, 1.82) is 0 Å². The van der Waals surface area contributed by atoms with Gasteiger partial charge in [-0.25, -0.2) is 4.98 Å². The lowest BCUT2D eigenvalue weighted by molar-refractivity contribution is 0.0462. The van der Waals surface area contributed by atoms with E-state index in [0.29, 0.717) is 12.5 Å². The summed E-state index contributed by atoms with van der Waals surface area (Å²) in [4.78, 5) is 4.78. The van der Waals surface area contributed by atoms with Gasteiger partial charge in [-0.05, 0) is 31.2 Å². The lowest BCUT2D eigenvalue weighted by Gasteiger charge is -2.12. The summed E-state index contributed by atoms with van der Waals surface area (Å²) in [5, 5.41) is 3.24. The predicted octanol–water partition coefficient (Wildman–Crippen LogP) is 3.76. The summed E-state index contributed by atoms with van der Waals surface area (Å²) in [6.07, 6.45) is 2.73. The van der Waals surface area contributed by atoms with E-state index in [1.165, 1.54) is 12.8 Å². The van der Waals surface area contributed by atoms with Crippen molar-refractivity contribution in [3.63, 3.8) is 0 Å². The Labute approximate surface area is 123 Å². The van der Waals surface area contributed by atoms with Crippen LogP contribution < -0.4 is 5.73 Å². The number of nitrogens with two attached hydrogens (primary N) is 1. The van der Waals surface area contributed by atoms with Gasteiger partial charge in [0.25, 0.3) is 0 Å². The molecule has 3 nitrogen and oxygen atoms in total. The monoisotopic (exact) mass is 288 g/mol. The van der Waals surface area contributed by atoms with Crippen molar-refractivity contribution in [2.24, 2.45) is 11.7 Å². The topological polar surface area (TPSA) is 48.1 Å². The molecule has 2 N–H and O–H groups in total. The van der Waals surface area contributed by atoms with Crippen LogP contribution in [-0.4, -0.2) is 11.6 Å². The Balaban J connectivity index is 1.81. The van der Waals surface area contributed by atoms with Crippen LogP contribution in [0.25, 0.3) is 11.3 Å². The van der Waals surface area contributed by atoms with Crippen molar-refractivity contribution >= 4 is 11.3 Å². The first kappa shape index (κ1) is 13.7. The Hall–Kier alpha value is -1.23. The first-order valence-corrected chi connectivity index (χ1v) is 8.06. The Bertz CT molecular complexity index is 560. The van der Waals surface area contributed by atoms with Gasteiger partial charge in [0.05, 0.1) is 5.69 Å². The molecule has 0 spiro atoms. The van der Waals surface area contributed by atoms with E-state index >= 15 is 0 Å². The SMILES string of the molecule is CCOC(c1nc(-c2ccc(CN)cc2)cs1)C1CC1. The highest BCUT2D eigenvalue weighted by Crippen LogP contribution is 2.44. The maximum absolute atomic E-state index is 5.87. The van der Waals surface area contributed by atoms with Crippen LogP contribution in [0.15, 0.2) is 29.6 Å². The van der Waals surface area contributed by atoms with Crippen molar-refractivity contribution in [2.75, 3.05) is 6.61 Å². The van der Waals surface area contributed by atoms with Crippen LogP contribution in [0.1, 0.15) is 36.4 Å². The lowest BCUT2D eigenvalue weighted by Crippen LogP contribution is -2.06. The molecule has 4 heteroatoms. The smallest absolute Gasteiger partial charge is 0.122 e. The fraction of sp³-hybridized carbons (Fsp3) is 0.438. The fourth-order valence-corrected chi connectivity index (χ4v) is 3.32. The minimum Gasteiger partial charge on any atom is -0.371 e. The summed E-state index contributed by atoms with van der Waals surface area (Å²) >= 11 is 1.71. The lowest BCUT2D eigenvalue weighted by atomic mass is 10.1. The van der Waals surface area contributed by atoms with Gasteiger partial charge in [0.15, 0.2) is 0 Å². The third-order valence-electron chi connectivity index (χ3n) is 3.65. The molecule has 0 aliphatic heterocycles. The summed E-state index contributed by atoms with van der Waals surface area (Å²) < 4.78 is 5.87. The average molecular weight is 288 g/mol. The number of hydrogen-bond acceptors (Lipinski definition) is 4. The Morgan fingerprint density at radius 1 is 1.35 bits per heavy atom. The van der Waals surface area contributed by atoms with E-state index in [2.05, 4.69) is 36.6 Å². The number of aromatic nitrogens is 1. The van der Waals surface area contributed by atoms with Crippen molar-refractivity contribution in [3.8, 4) is 11.3 Å². The van der Waals surface area contributed by atoms with Gasteiger partial charge in [0, 0.05) is 24.1 Å². The molecule has 1 saturated carbocycles. The fourth-order valence-electron chi connectivity index (χ4n) is 2.35. The standard InChI is InChI=1S/C16H20N2OS/c1-2-19-15(13-7-8-13)16-18-14(10-20-16)12-5-3-11(9-17)4-6-12/h3-6,10,13,15H,2,7-9,17H2,1H3. The molecule has 1 aliphatic carbocycles. The predicted molar refractivity (Wildman–Crippen MR) is 82.5 cm³/mol. The summed E-state index contributed by atoms with van der Waals surface area (Å²) in [5.41, 5.74) is 8.96. The maximum atomic E-state index is 5.87. The zero-order valence-corrected chi connectivity index (χ0v) is 12.5. The van der Waals surface area contributed by atoms with E-state index in [4.69, 9.17) is 15.5 Å². The second-order valence-corrected chi connectivity index (χ2v) is 6.08. The molecule has 1 aliphatic rings. The number of hydrogen-bond donors (Lipinski definition) is 1. The largest absolute Gasteiger partial charge is 0.371 e. The number of benzene rings is 1. The second kappa shape index (κ2) is 6.04. The molecular formula is C16H20N2OS. The van der Waals surface area contributed by atoms with Gasteiger partial charge >= 0.3 is 0 Å². The highest BCUT2D eigenvalue weighted by atomic mass is 32.1. The van der Waals surface area contributed by atoms with Gasteiger partial charge in [0.2, 0.25) is 0 Å². The van der Waals surface area contributed by atoms with Gasteiger partial charge in [-0.1, -0.05) is 24.3 Å². The minimum atomic E-state index is 0.196. The molecule has 1 atom stereocenters. The van der Waals surface area contributed by atoms with Crippen molar-refractivity contribution in [3.05, 3.63) is 40.2 Å².